The van der Waals surface area contributed by atoms with Crippen molar-refractivity contribution in [2.24, 2.45) is 5.92 Å². The van der Waals surface area contributed by atoms with Crippen LogP contribution in [-0.4, -0.2) is 15.7 Å². The molecule has 1 unspecified atom stereocenters. The molecule has 1 N–H and O–H groups in total. The Labute approximate surface area is 118 Å². The number of nitrogens with zero attached hydrogens (tertiary/aromatic N) is 2. The first-order chi connectivity index (χ1) is 10.0. The van der Waals surface area contributed by atoms with Gasteiger partial charge in [-0.25, -0.2) is 13.2 Å². The molecule has 2 heterocycles. The third-order valence-corrected chi connectivity index (χ3v) is 3.57. The number of aryl methyl sites for hydroxylation is 1. The number of nitrogens with one attached hydrogen (secondary N) is 1. The summed E-state index contributed by atoms with van der Waals surface area (Å²) in [5.74, 6) is -4.84. The fourth-order valence-corrected chi connectivity index (χ4v) is 2.46. The second-order valence-corrected chi connectivity index (χ2v) is 4.98. The molecule has 0 aliphatic carbocycles. The van der Waals surface area contributed by atoms with Crippen LogP contribution in [0.5, 0.6) is 0 Å². The summed E-state index contributed by atoms with van der Waals surface area (Å²) < 4.78 is 40.9. The Kier molecular flexibility index (Phi) is 3.40. The van der Waals surface area contributed by atoms with Crippen molar-refractivity contribution in [2.45, 2.75) is 19.4 Å². The molecule has 4 nitrogen and oxygen atoms in total. The van der Waals surface area contributed by atoms with E-state index in [4.69, 9.17) is 0 Å². The Morgan fingerprint density at radius 2 is 2.00 bits per heavy atom. The van der Waals surface area contributed by atoms with Crippen LogP contribution in [0.2, 0.25) is 0 Å². The number of carbonyl (C=O) groups excluding carboxylic acids is 1. The molecule has 0 radical (unpaired) electrons. The highest BCUT2D eigenvalue weighted by molar-refractivity contribution is 5.92. The summed E-state index contributed by atoms with van der Waals surface area (Å²) in [6.45, 7) is 0.618. The highest BCUT2D eigenvalue weighted by Gasteiger charge is 2.25. The van der Waals surface area contributed by atoms with Crippen LogP contribution in [0.4, 0.5) is 18.9 Å². The van der Waals surface area contributed by atoms with Gasteiger partial charge in [-0.3, -0.25) is 9.48 Å². The van der Waals surface area contributed by atoms with Gasteiger partial charge in [0, 0.05) is 48.6 Å². The largest absolute Gasteiger partial charge is 0.326 e. The van der Waals surface area contributed by atoms with Crippen molar-refractivity contribution in [2.75, 3.05) is 5.32 Å². The van der Waals surface area contributed by atoms with E-state index in [2.05, 4.69) is 10.4 Å². The number of hydrogen-bond donors (Lipinski definition) is 1. The minimum atomic E-state index is -1.55. The average molecular weight is 295 g/mol. The van der Waals surface area contributed by atoms with Crippen LogP contribution in [-0.2, 0) is 17.8 Å². The molecule has 1 aliphatic rings. The van der Waals surface area contributed by atoms with E-state index in [-0.39, 0.29) is 17.5 Å². The Morgan fingerprint density at radius 3 is 2.71 bits per heavy atom. The number of rotatable bonds is 2. The van der Waals surface area contributed by atoms with E-state index in [9.17, 15) is 18.0 Å². The van der Waals surface area contributed by atoms with Gasteiger partial charge in [-0.1, -0.05) is 0 Å². The Bertz CT molecular complexity index is 676. The molecule has 1 aromatic carbocycles. The van der Waals surface area contributed by atoms with Crippen LogP contribution in [0, 0.1) is 23.4 Å². The van der Waals surface area contributed by atoms with E-state index < -0.39 is 17.5 Å². The van der Waals surface area contributed by atoms with Crippen molar-refractivity contribution in [1.29, 1.82) is 0 Å². The second kappa shape index (κ2) is 5.23. The number of aromatic nitrogens is 2. The Morgan fingerprint density at radius 1 is 1.29 bits per heavy atom. The first-order valence-electron chi connectivity index (χ1n) is 6.50. The van der Waals surface area contributed by atoms with Gasteiger partial charge in [-0.15, -0.1) is 0 Å². The van der Waals surface area contributed by atoms with Crippen LogP contribution in [0.25, 0.3) is 0 Å². The summed E-state index contributed by atoms with van der Waals surface area (Å²) in [5, 5.41) is 6.54. The SMILES string of the molecule is O=C(Nc1cc(F)c(F)c(F)c1)C1CCn2nccc2C1. The molecule has 1 amide bonds. The van der Waals surface area contributed by atoms with Crippen LogP contribution in [0.15, 0.2) is 24.4 Å². The third-order valence-electron chi connectivity index (χ3n) is 3.57. The first kappa shape index (κ1) is 13.7. The Hall–Kier alpha value is -2.31. The molecule has 110 valence electrons. The predicted molar refractivity (Wildman–Crippen MR) is 69.0 cm³/mol. The Balaban J connectivity index is 1.73. The lowest BCUT2D eigenvalue weighted by Gasteiger charge is -2.22. The number of hydrogen-bond acceptors (Lipinski definition) is 2. The smallest absolute Gasteiger partial charge is 0.227 e. The molecular weight excluding hydrogens is 283 g/mol. The van der Waals surface area contributed by atoms with Crippen LogP contribution in [0.1, 0.15) is 12.1 Å². The molecular formula is C14H12F3N3O. The summed E-state index contributed by atoms with van der Waals surface area (Å²) in [4.78, 5) is 12.1. The maximum atomic E-state index is 13.1. The van der Waals surface area contributed by atoms with E-state index in [1.165, 1.54) is 0 Å². The summed E-state index contributed by atoms with van der Waals surface area (Å²) in [6.07, 6.45) is 2.77. The third kappa shape index (κ3) is 2.63. The maximum Gasteiger partial charge on any atom is 0.227 e. The van der Waals surface area contributed by atoms with E-state index >= 15 is 0 Å². The molecule has 0 fully saturated rings. The minimum absolute atomic E-state index is 0.0875. The van der Waals surface area contributed by atoms with E-state index in [0.717, 1.165) is 17.8 Å². The fraction of sp³-hybridized carbons (Fsp3) is 0.286. The van der Waals surface area contributed by atoms with Crippen molar-refractivity contribution in [3.8, 4) is 0 Å². The average Bonchev–Trinajstić information content (AvgIpc) is 2.91. The number of halogens is 3. The van der Waals surface area contributed by atoms with Gasteiger partial charge in [-0.05, 0) is 12.5 Å². The number of anilines is 1. The molecule has 7 heteroatoms. The van der Waals surface area contributed by atoms with Crippen LogP contribution in [0.3, 0.4) is 0 Å². The van der Waals surface area contributed by atoms with Crippen molar-refractivity contribution in [3.05, 3.63) is 47.5 Å². The number of benzene rings is 1. The zero-order valence-electron chi connectivity index (χ0n) is 10.9. The normalized spacial score (nSPS) is 17.4. The van der Waals surface area contributed by atoms with Crippen LogP contribution >= 0.6 is 0 Å². The van der Waals surface area contributed by atoms with Gasteiger partial charge in [0.1, 0.15) is 0 Å². The lowest BCUT2D eigenvalue weighted by atomic mass is 9.95. The molecule has 3 rings (SSSR count). The van der Waals surface area contributed by atoms with Gasteiger partial charge in [0.15, 0.2) is 17.5 Å². The van der Waals surface area contributed by atoms with E-state index in [1.54, 1.807) is 6.20 Å². The number of fused-ring (bicyclic) bond motifs is 1. The fourth-order valence-electron chi connectivity index (χ4n) is 2.46. The lowest BCUT2D eigenvalue weighted by Crippen LogP contribution is -2.30. The zero-order chi connectivity index (χ0) is 15.0. The maximum absolute atomic E-state index is 13.1. The molecule has 1 atom stereocenters. The predicted octanol–water partition coefficient (Wildman–Crippen LogP) is 2.50. The van der Waals surface area contributed by atoms with Gasteiger partial charge in [0.25, 0.3) is 0 Å². The number of carbonyl (C=O) groups is 1. The van der Waals surface area contributed by atoms with Gasteiger partial charge in [0.2, 0.25) is 5.91 Å². The molecule has 21 heavy (non-hydrogen) atoms. The molecule has 1 aromatic heterocycles. The standard InChI is InChI=1S/C14H12F3N3O/c15-11-6-9(7-12(16)13(11)17)19-14(21)8-2-4-20-10(5-8)1-3-18-20/h1,3,6-8H,2,4-5H2,(H,19,21). The van der Waals surface area contributed by atoms with Crippen molar-refractivity contribution >= 4 is 11.6 Å². The van der Waals surface area contributed by atoms with E-state index in [0.29, 0.717) is 19.4 Å². The van der Waals surface area contributed by atoms with Crippen molar-refractivity contribution < 1.29 is 18.0 Å². The topological polar surface area (TPSA) is 46.9 Å². The summed E-state index contributed by atoms with van der Waals surface area (Å²) in [7, 11) is 0. The zero-order valence-corrected chi connectivity index (χ0v) is 10.9. The summed E-state index contributed by atoms with van der Waals surface area (Å²) >= 11 is 0. The lowest BCUT2D eigenvalue weighted by molar-refractivity contribution is -0.120. The van der Waals surface area contributed by atoms with Crippen LogP contribution < -0.4 is 5.32 Å². The minimum Gasteiger partial charge on any atom is -0.326 e. The van der Waals surface area contributed by atoms with Gasteiger partial charge >= 0.3 is 0 Å². The highest BCUT2D eigenvalue weighted by Crippen LogP contribution is 2.23. The molecule has 0 spiro atoms. The van der Waals surface area contributed by atoms with Gasteiger partial charge in [-0.2, -0.15) is 5.10 Å². The quantitative estimate of drug-likeness (QED) is 0.865. The molecule has 0 bridgehead atoms. The van der Waals surface area contributed by atoms with Crippen molar-refractivity contribution in [3.63, 3.8) is 0 Å². The first-order valence-corrected chi connectivity index (χ1v) is 6.50. The van der Waals surface area contributed by atoms with E-state index in [1.807, 2.05) is 10.7 Å². The second-order valence-electron chi connectivity index (χ2n) is 4.98. The van der Waals surface area contributed by atoms with Gasteiger partial charge < -0.3 is 5.32 Å². The monoisotopic (exact) mass is 295 g/mol. The summed E-state index contributed by atoms with van der Waals surface area (Å²) in [6, 6.07) is 3.36. The number of amides is 1. The molecule has 0 saturated heterocycles. The molecule has 0 saturated carbocycles. The highest BCUT2D eigenvalue weighted by atomic mass is 19.2. The molecule has 2 aromatic rings. The van der Waals surface area contributed by atoms with Gasteiger partial charge in [0.05, 0.1) is 0 Å². The molecule has 1 aliphatic heterocycles. The van der Waals surface area contributed by atoms with Crippen molar-refractivity contribution in [1.82, 2.24) is 9.78 Å². The summed E-state index contributed by atoms with van der Waals surface area (Å²) in [5.41, 5.74) is 0.855.